The molecule has 0 atom stereocenters. The summed E-state index contributed by atoms with van der Waals surface area (Å²) < 4.78 is 27.9. The van der Waals surface area contributed by atoms with Gasteiger partial charge in [0, 0.05) is 5.56 Å². The molecule has 0 spiro atoms. The molecule has 0 aliphatic heterocycles. The van der Waals surface area contributed by atoms with Crippen molar-refractivity contribution in [3.8, 4) is 0 Å². The van der Waals surface area contributed by atoms with E-state index in [2.05, 4.69) is 0 Å². The fourth-order valence-electron chi connectivity index (χ4n) is 2.70. The van der Waals surface area contributed by atoms with Crippen LogP contribution in [0.4, 0.5) is 8.78 Å². The van der Waals surface area contributed by atoms with Crippen LogP contribution in [-0.4, -0.2) is 22.2 Å². The number of carboxylic acid groups (broad SMARTS) is 2. The number of hydrogen-bond acceptors (Lipinski definition) is 2. The van der Waals surface area contributed by atoms with E-state index in [4.69, 9.17) is 5.11 Å². The highest BCUT2D eigenvalue weighted by Crippen LogP contribution is 2.43. The van der Waals surface area contributed by atoms with E-state index in [1.54, 1.807) is 0 Å². The molecule has 1 aromatic rings. The molecule has 0 radical (unpaired) electrons. The summed E-state index contributed by atoms with van der Waals surface area (Å²) in [5, 5.41) is 18.0. The summed E-state index contributed by atoms with van der Waals surface area (Å²) in [5.74, 6) is -4.95. The molecule has 19 heavy (non-hydrogen) atoms. The van der Waals surface area contributed by atoms with E-state index < -0.39 is 40.1 Å². The molecule has 0 bridgehead atoms. The third-order valence-corrected chi connectivity index (χ3v) is 3.63. The van der Waals surface area contributed by atoms with Gasteiger partial charge in [0.2, 0.25) is 0 Å². The molecule has 1 aromatic carbocycles. The molecule has 0 amide bonds. The lowest BCUT2D eigenvalue weighted by molar-refractivity contribution is -0.143. The molecule has 4 nitrogen and oxygen atoms in total. The van der Waals surface area contributed by atoms with Crippen molar-refractivity contribution in [1.82, 2.24) is 0 Å². The molecule has 0 unspecified atom stereocenters. The molecule has 1 fully saturated rings. The Morgan fingerprint density at radius 2 is 1.53 bits per heavy atom. The van der Waals surface area contributed by atoms with Crippen molar-refractivity contribution in [3.05, 3.63) is 34.9 Å². The third kappa shape index (κ3) is 2.07. The van der Waals surface area contributed by atoms with Gasteiger partial charge in [-0.25, -0.2) is 13.6 Å². The number of aromatic carboxylic acids is 1. The summed E-state index contributed by atoms with van der Waals surface area (Å²) in [4.78, 5) is 22.1. The largest absolute Gasteiger partial charge is 0.481 e. The first-order valence-electron chi connectivity index (χ1n) is 5.85. The molecular weight excluding hydrogens is 258 g/mol. The van der Waals surface area contributed by atoms with Crippen LogP contribution >= 0.6 is 0 Å². The Morgan fingerprint density at radius 3 is 1.89 bits per heavy atom. The molecule has 6 heteroatoms. The highest BCUT2D eigenvalue weighted by Gasteiger charge is 2.46. The van der Waals surface area contributed by atoms with E-state index in [1.165, 1.54) is 0 Å². The van der Waals surface area contributed by atoms with Gasteiger partial charge in [0.1, 0.15) is 11.6 Å². The molecule has 0 saturated heterocycles. The van der Waals surface area contributed by atoms with Gasteiger partial charge < -0.3 is 10.2 Å². The van der Waals surface area contributed by atoms with Crippen LogP contribution in [0.15, 0.2) is 12.1 Å². The predicted octanol–water partition coefficient (Wildman–Crippen LogP) is 2.56. The van der Waals surface area contributed by atoms with Crippen molar-refractivity contribution in [2.75, 3.05) is 0 Å². The fraction of sp³-hybridized carbons (Fsp3) is 0.385. The summed E-state index contributed by atoms with van der Waals surface area (Å²) in [5.41, 5.74) is -2.63. The summed E-state index contributed by atoms with van der Waals surface area (Å²) >= 11 is 0. The zero-order chi connectivity index (χ0) is 14.2. The number of rotatable bonds is 3. The van der Waals surface area contributed by atoms with Crippen LogP contribution < -0.4 is 0 Å². The second kappa shape index (κ2) is 4.60. The molecule has 0 aromatic heterocycles. The van der Waals surface area contributed by atoms with Gasteiger partial charge >= 0.3 is 11.9 Å². The Balaban J connectivity index is 2.62. The van der Waals surface area contributed by atoms with Crippen molar-refractivity contribution in [2.24, 2.45) is 0 Å². The Labute approximate surface area is 107 Å². The van der Waals surface area contributed by atoms with Crippen LogP contribution in [-0.2, 0) is 10.2 Å². The Hall–Kier alpha value is -1.98. The lowest BCUT2D eigenvalue weighted by atomic mass is 9.78. The van der Waals surface area contributed by atoms with Gasteiger partial charge in [0.15, 0.2) is 0 Å². The van der Waals surface area contributed by atoms with E-state index in [-0.39, 0.29) is 12.8 Å². The first-order chi connectivity index (χ1) is 8.88. The van der Waals surface area contributed by atoms with Gasteiger partial charge in [-0.15, -0.1) is 0 Å². The van der Waals surface area contributed by atoms with Gasteiger partial charge in [0.25, 0.3) is 0 Å². The van der Waals surface area contributed by atoms with Gasteiger partial charge in [-0.3, -0.25) is 4.79 Å². The number of aliphatic carboxylic acids is 1. The van der Waals surface area contributed by atoms with E-state index >= 15 is 0 Å². The summed E-state index contributed by atoms with van der Waals surface area (Å²) in [6.07, 6.45) is 1.46. The van der Waals surface area contributed by atoms with Crippen LogP contribution in [0.2, 0.25) is 0 Å². The number of halogens is 2. The number of carbonyl (C=O) groups is 2. The average molecular weight is 270 g/mol. The first kappa shape index (κ1) is 13.5. The average Bonchev–Trinajstić information content (AvgIpc) is 2.78. The first-order valence-corrected chi connectivity index (χ1v) is 5.85. The molecule has 2 rings (SSSR count). The zero-order valence-electron chi connectivity index (χ0n) is 9.95. The molecule has 102 valence electrons. The monoisotopic (exact) mass is 270 g/mol. The number of benzene rings is 1. The maximum atomic E-state index is 14.0. The molecule has 1 aliphatic carbocycles. The Bertz CT molecular complexity index is 525. The Kier molecular flexibility index (Phi) is 3.26. The predicted molar refractivity (Wildman–Crippen MR) is 61.1 cm³/mol. The van der Waals surface area contributed by atoms with E-state index in [1.807, 2.05) is 0 Å². The van der Waals surface area contributed by atoms with Crippen molar-refractivity contribution in [1.29, 1.82) is 0 Å². The van der Waals surface area contributed by atoms with Crippen molar-refractivity contribution >= 4 is 11.9 Å². The van der Waals surface area contributed by atoms with Crippen molar-refractivity contribution in [2.45, 2.75) is 31.1 Å². The molecule has 1 aliphatic rings. The van der Waals surface area contributed by atoms with Crippen LogP contribution in [0.25, 0.3) is 0 Å². The summed E-state index contributed by atoms with van der Waals surface area (Å²) in [6, 6.07) is 1.34. The Morgan fingerprint density at radius 1 is 1.05 bits per heavy atom. The van der Waals surface area contributed by atoms with Gasteiger partial charge in [-0.2, -0.15) is 0 Å². The van der Waals surface area contributed by atoms with Gasteiger partial charge in [-0.1, -0.05) is 12.8 Å². The van der Waals surface area contributed by atoms with E-state index in [0.717, 1.165) is 0 Å². The SMILES string of the molecule is O=C(O)c1cc(F)c(C2(C(=O)O)CCCC2)c(F)c1. The molecular formula is C13H12F2O4. The normalized spacial score (nSPS) is 17.4. The standard InChI is InChI=1S/C13H12F2O4/c14-8-5-7(11(16)17)6-9(15)10(8)13(12(18)19)3-1-2-4-13/h5-6H,1-4H2,(H,16,17)(H,18,19). The van der Waals surface area contributed by atoms with Crippen LogP contribution in [0.5, 0.6) is 0 Å². The lowest BCUT2D eigenvalue weighted by Gasteiger charge is -2.25. The fourth-order valence-corrected chi connectivity index (χ4v) is 2.70. The third-order valence-electron chi connectivity index (χ3n) is 3.63. The minimum Gasteiger partial charge on any atom is -0.481 e. The maximum Gasteiger partial charge on any atom is 0.335 e. The summed E-state index contributed by atoms with van der Waals surface area (Å²) in [6.45, 7) is 0. The topological polar surface area (TPSA) is 74.6 Å². The number of carboxylic acids is 2. The van der Waals surface area contributed by atoms with E-state index in [0.29, 0.717) is 25.0 Å². The van der Waals surface area contributed by atoms with E-state index in [9.17, 15) is 23.5 Å². The van der Waals surface area contributed by atoms with Crippen molar-refractivity contribution < 1.29 is 28.6 Å². The molecule has 1 saturated carbocycles. The smallest absolute Gasteiger partial charge is 0.335 e. The maximum absolute atomic E-state index is 14.0. The second-order valence-corrected chi connectivity index (χ2v) is 4.71. The second-order valence-electron chi connectivity index (χ2n) is 4.71. The highest BCUT2D eigenvalue weighted by atomic mass is 19.1. The van der Waals surface area contributed by atoms with Crippen molar-refractivity contribution in [3.63, 3.8) is 0 Å². The van der Waals surface area contributed by atoms with Crippen LogP contribution in [0.3, 0.4) is 0 Å². The van der Waals surface area contributed by atoms with Crippen LogP contribution in [0, 0.1) is 11.6 Å². The molecule has 2 N–H and O–H groups in total. The molecule has 0 heterocycles. The lowest BCUT2D eigenvalue weighted by Crippen LogP contribution is -2.35. The summed E-state index contributed by atoms with van der Waals surface area (Å²) in [7, 11) is 0. The van der Waals surface area contributed by atoms with Gasteiger partial charge in [0.05, 0.1) is 11.0 Å². The highest BCUT2D eigenvalue weighted by molar-refractivity contribution is 5.88. The minimum atomic E-state index is -1.58. The quantitative estimate of drug-likeness (QED) is 0.885. The number of hydrogen-bond donors (Lipinski definition) is 2. The van der Waals surface area contributed by atoms with Crippen LogP contribution in [0.1, 0.15) is 41.6 Å². The zero-order valence-corrected chi connectivity index (χ0v) is 9.95. The minimum absolute atomic E-state index is 0.155. The van der Waals surface area contributed by atoms with Gasteiger partial charge in [-0.05, 0) is 25.0 Å².